The fraction of sp³-hybridized carbons (Fsp3) is 0.370. The number of esters is 1. The lowest BCUT2D eigenvalue weighted by molar-refractivity contribution is -0.141. The van der Waals surface area contributed by atoms with Gasteiger partial charge in [0, 0.05) is 18.0 Å². The molecule has 0 radical (unpaired) electrons. The van der Waals surface area contributed by atoms with Crippen LogP contribution in [0.4, 0.5) is 5.69 Å². The smallest absolute Gasteiger partial charge is 0.338 e. The molecular formula is C27H30ClN3O3S. The van der Waals surface area contributed by atoms with Gasteiger partial charge in [-0.15, -0.1) is 11.6 Å². The number of fused-ring (bicyclic) bond motifs is 1. The number of amidine groups is 1. The Morgan fingerprint density at radius 2 is 1.97 bits per heavy atom. The van der Waals surface area contributed by atoms with E-state index in [9.17, 15) is 9.59 Å². The first kappa shape index (κ1) is 25.3. The molecule has 0 aromatic heterocycles. The standard InChI is InChI=1S/C27H30ClN3O3S/c1-17(2)16-34-26(33)22-18(3)29-27-31(13-8-14-35-27)24(22)20-11-7-12-21(15-20)30-25(32)23(28)19-9-5-4-6-10-19/h4-7,9-12,15,17,23-24H,8,13-14,16H2,1-3H3,(H,30,32). The largest absolute Gasteiger partial charge is 0.462 e. The monoisotopic (exact) mass is 511 g/mol. The van der Waals surface area contributed by atoms with Crippen LogP contribution in [0.25, 0.3) is 0 Å². The van der Waals surface area contributed by atoms with Gasteiger partial charge in [0.15, 0.2) is 5.17 Å². The molecule has 1 N–H and O–H groups in total. The molecule has 6 nitrogen and oxygen atoms in total. The molecule has 1 saturated heterocycles. The van der Waals surface area contributed by atoms with E-state index in [0.717, 1.165) is 35.0 Å². The van der Waals surface area contributed by atoms with E-state index in [1.54, 1.807) is 11.8 Å². The number of allylic oxidation sites excluding steroid dienone is 1. The molecule has 35 heavy (non-hydrogen) atoms. The van der Waals surface area contributed by atoms with Crippen molar-refractivity contribution in [1.29, 1.82) is 0 Å². The molecule has 0 saturated carbocycles. The second-order valence-electron chi connectivity index (χ2n) is 9.07. The number of anilines is 1. The molecule has 0 spiro atoms. The molecule has 8 heteroatoms. The molecule has 184 valence electrons. The van der Waals surface area contributed by atoms with Crippen LogP contribution in [0, 0.1) is 5.92 Å². The summed E-state index contributed by atoms with van der Waals surface area (Å²) in [6.45, 7) is 7.02. The minimum atomic E-state index is -0.810. The zero-order valence-electron chi connectivity index (χ0n) is 20.2. The lowest BCUT2D eigenvalue weighted by Gasteiger charge is -2.40. The maximum atomic E-state index is 13.2. The van der Waals surface area contributed by atoms with E-state index < -0.39 is 5.38 Å². The zero-order chi connectivity index (χ0) is 24.9. The van der Waals surface area contributed by atoms with Crippen molar-refractivity contribution < 1.29 is 14.3 Å². The van der Waals surface area contributed by atoms with Crippen LogP contribution in [0.2, 0.25) is 0 Å². The number of nitrogens with zero attached hydrogens (tertiary/aromatic N) is 2. The van der Waals surface area contributed by atoms with Crippen LogP contribution in [0.5, 0.6) is 0 Å². The minimum Gasteiger partial charge on any atom is -0.462 e. The van der Waals surface area contributed by atoms with Crippen molar-refractivity contribution in [3.8, 4) is 0 Å². The molecule has 1 amide bonds. The van der Waals surface area contributed by atoms with Gasteiger partial charge in [-0.3, -0.25) is 4.79 Å². The third-order valence-electron chi connectivity index (χ3n) is 5.82. The van der Waals surface area contributed by atoms with Crippen LogP contribution in [0.15, 0.2) is 70.9 Å². The summed E-state index contributed by atoms with van der Waals surface area (Å²) in [5.74, 6) is 0.574. The Kier molecular flexibility index (Phi) is 8.19. The molecule has 0 bridgehead atoms. The van der Waals surface area contributed by atoms with Crippen molar-refractivity contribution in [2.75, 3.05) is 24.2 Å². The van der Waals surface area contributed by atoms with Crippen molar-refractivity contribution in [1.82, 2.24) is 4.90 Å². The van der Waals surface area contributed by atoms with Gasteiger partial charge >= 0.3 is 5.97 Å². The number of hydrogen-bond donors (Lipinski definition) is 1. The molecule has 2 unspecified atom stereocenters. The Morgan fingerprint density at radius 1 is 1.20 bits per heavy atom. The number of hydrogen-bond acceptors (Lipinski definition) is 6. The Labute approximate surface area is 215 Å². The summed E-state index contributed by atoms with van der Waals surface area (Å²) in [6.07, 6.45) is 0.995. The fourth-order valence-corrected chi connectivity index (χ4v) is 5.38. The summed E-state index contributed by atoms with van der Waals surface area (Å²) >= 11 is 8.12. The fourth-order valence-electron chi connectivity index (χ4n) is 4.16. The van der Waals surface area contributed by atoms with Crippen molar-refractivity contribution in [2.45, 2.75) is 38.6 Å². The molecule has 2 aromatic carbocycles. The number of carbonyl (C=O) groups is 2. The number of alkyl halides is 1. The number of halogens is 1. The Hall–Kier alpha value is -2.77. The molecular weight excluding hydrogens is 482 g/mol. The van der Waals surface area contributed by atoms with Gasteiger partial charge < -0.3 is 15.0 Å². The number of benzene rings is 2. The van der Waals surface area contributed by atoms with Crippen molar-refractivity contribution in [3.63, 3.8) is 0 Å². The molecule has 4 rings (SSSR count). The number of thioether (sulfide) groups is 1. The van der Waals surface area contributed by atoms with Crippen LogP contribution in [-0.2, 0) is 14.3 Å². The number of aliphatic imine (C=N–C) groups is 1. The van der Waals surface area contributed by atoms with Gasteiger partial charge in [0.1, 0.15) is 5.38 Å². The highest BCUT2D eigenvalue weighted by molar-refractivity contribution is 8.13. The van der Waals surface area contributed by atoms with Crippen molar-refractivity contribution in [3.05, 3.63) is 77.0 Å². The summed E-state index contributed by atoms with van der Waals surface area (Å²) in [4.78, 5) is 33.0. The molecule has 2 atom stereocenters. The topological polar surface area (TPSA) is 71.0 Å². The molecule has 2 aromatic rings. The summed E-state index contributed by atoms with van der Waals surface area (Å²) in [6, 6.07) is 16.5. The van der Waals surface area contributed by atoms with Gasteiger partial charge in [0.25, 0.3) is 0 Å². The third-order valence-corrected chi connectivity index (χ3v) is 7.35. The lowest BCUT2D eigenvalue weighted by atomic mass is 9.94. The highest BCUT2D eigenvalue weighted by Crippen LogP contribution is 2.40. The Balaban J connectivity index is 1.63. The average molecular weight is 512 g/mol. The predicted molar refractivity (Wildman–Crippen MR) is 143 cm³/mol. The van der Waals surface area contributed by atoms with Crippen molar-refractivity contribution >= 4 is 46.1 Å². The maximum Gasteiger partial charge on any atom is 0.338 e. The van der Waals surface area contributed by atoms with Crippen LogP contribution in [0.3, 0.4) is 0 Å². The Morgan fingerprint density at radius 3 is 2.71 bits per heavy atom. The van der Waals surface area contributed by atoms with E-state index in [-0.39, 0.29) is 23.8 Å². The average Bonchev–Trinajstić information content (AvgIpc) is 2.86. The van der Waals surface area contributed by atoms with E-state index in [0.29, 0.717) is 23.6 Å². The summed E-state index contributed by atoms with van der Waals surface area (Å²) in [7, 11) is 0. The first-order valence-corrected chi connectivity index (χ1v) is 13.2. The second-order valence-corrected chi connectivity index (χ2v) is 10.6. The Bertz CT molecular complexity index is 1150. The van der Waals surface area contributed by atoms with Crippen LogP contribution in [-0.4, -0.2) is 40.8 Å². The SMILES string of the molecule is CC1=C(C(=O)OCC(C)C)C(c2cccc(NC(=O)C(Cl)c3ccccc3)c2)N2CCCSC2=N1. The molecule has 1 fully saturated rings. The van der Waals surface area contributed by atoms with Gasteiger partial charge in [0.05, 0.1) is 23.9 Å². The zero-order valence-corrected chi connectivity index (χ0v) is 21.7. The van der Waals surface area contributed by atoms with Gasteiger partial charge in [-0.25, -0.2) is 9.79 Å². The normalized spacial score (nSPS) is 18.6. The van der Waals surface area contributed by atoms with E-state index >= 15 is 0 Å². The van der Waals surface area contributed by atoms with Crippen molar-refractivity contribution in [2.24, 2.45) is 10.9 Å². The first-order chi connectivity index (χ1) is 16.8. The van der Waals surface area contributed by atoms with Crippen LogP contribution in [0.1, 0.15) is 49.7 Å². The van der Waals surface area contributed by atoms with E-state index in [4.69, 9.17) is 21.3 Å². The van der Waals surface area contributed by atoms with Gasteiger partial charge in [-0.2, -0.15) is 0 Å². The second kappa shape index (κ2) is 11.3. The summed E-state index contributed by atoms with van der Waals surface area (Å²) in [5, 5.41) is 3.04. The first-order valence-electron chi connectivity index (χ1n) is 11.8. The number of carbonyl (C=O) groups excluding carboxylic acids is 2. The predicted octanol–water partition coefficient (Wildman–Crippen LogP) is 5.93. The minimum absolute atomic E-state index is 0.234. The molecule has 2 aliphatic rings. The van der Waals surface area contributed by atoms with Gasteiger partial charge in [0.2, 0.25) is 5.91 Å². The molecule has 2 heterocycles. The van der Waals surface area contributed by atoms with E-state index in [1.807, 2.05) is 75.4 Å². The van der Waals surface area contributed by atoms with E-state index in [2.05, 4.69) is 10.2 Å². The molecule has 2 aliphatic heterocycles. The van der Waals surface area contributed by atoms with Crippen LogP contribution >= 0.6 is 23.4 Å². The number of rotatable bonds is 7. The van der Waals surface area contributed by atoms with E-state index in [1.165, 1.54) is 0 Å². The van der Waals surface area contributed by atoms with Gasteiger partial charge in [-0.1, -0.05) is 68.1 Å². The highest BCUT2D eigenvalue weighted by atomic mass is 35.5. The highest BCUT2D eigenvalue weighted by Gasteiger charge is 2.38. The maximum absolute atomic E-state index is 13.2. The summed E-state index contributed by atoms with van der Waals surface area (Å²) < 4.78 is 5.63. The summed E-state index contributed by atoms with van der Waals surface area (Å²) in [5.41, 5.74) is 3.45. The lowest BCUT2D eigenvalue weighted by Crippen LogP contribution is -2.42. The number of nitrogens with one attached hydrogen (secondary N) is 1. The quantitative estimate of drug-likeness (QED) is 0.368. The third kappa shape index (κ3) is 5.90. The number of ether oxygens (including phenoxy) is 1. The van der Waals surface area contributed by atoms with Gasteiger partial charge in [-0.05, 0) is 42.5 Å². The van der Waals surface area contributed by atoms with Crippen LogP contribution < -0.4 is 5.32 Å². The molecule has 0 aliphatic carbocycles. The number of amides is 1.